The Hall–Kier alpha value is -1.72. The number of carbonyl (C=O) groups excluding carboxylic acids is 2. The van der Waals surface area contributed by atoms with Gasteiger partial charge in [0.2, 0.25) is 0 Å². The number of nitrogens with zero attached hydrogens (tertiary/aromatic N) is 1. The number of ether oxygens (including phenoxy) is 1. The number of hydrogen-bond acceptors (Lipinski definition) is 5. The molecule has 0 saturated carbocycles. The van der Waals surface area contributed by atoms with E-state index in [0.29, 0.717) is 11.4 Å². The summed E-state index contributed by atoms with van der Waals surface area (Å²) in [6.45, 7) is 5.77. The Labute approximate surface area is 157 Å². The van der Waals surface area contributed by atoms with Crippen molar-refractivity contribution >= 4 is 34.7 Å². The maximum Gasteiger partial charge on any atom is 0.306 e. The average molecular weight is 380 g/mol. The van der Waals surface area contributed by atoms with Crippen LogP contribution in [-0.2, 0) is 20.7 Å². The third-order valence-electron chi connectivity index (χ3n) is 3.87. The molecule has 1 aromatic carbocycles. The number of hydrogen-bond donors (Lipinski definition) is 0. The second-order valence-electron chi connectivity index (χ2n) is 6.84. The van der Waals surface area contributed by atoms with Gasteiger partial charge in [-0.1, -0.05) is 37.6 Å². The van der Waals surface area contributed by atoms with Crippen molar-refractivity contribution in [2.24, 2.45) is 5.41 Å². The SMILES string of the molecule is COC(=O)CC(C)(C)CC(=O)Cc1nc(-c2ccc(Cl)cc2)sc1C. The molecule has 2 aromatic rings. The Bertz CT molecular complexity index is 765. The lowest BCUT2D eigenvalue weighted by atomic mass is 9.83. The Balaban J connectivity index is 2.06. The first-order valence-corrected chi connectivity index (χ1v) is 9.20. The summed E-state index contributed by atoms with van der Waals surface area (Å²) < 4.78 is 4.70. The number of rotatable bonds is 7. The topological polar surface area (TPSA) is 56.3 Å². The minimum Gasteiger partial charge on any atom is -0.469 e. The molecule has 0 atom stereocenters. The molecule has 0 radical (unpaired) electrons. The molecule has 4 nitrogen and oxygen atoms in total. The van der Waals surface area contributed by atoms with Crippen LogP contribution in [0.25, 0.3) is 10.6 Å². The van der Waals surface area contributed by atoms with E-state index in [2.05, 4.69) is 4.98 Å². The smallest absolute Gasteiger partial charge is 0.306 e. The number of carbonyl (C=O) groups is 2. The summed E-state index contributed by atoms with van der Waals surface area (Å²) in [7, 11) is 1.36. The zero-order chi connectivity index (χ0) is 18.6. The van der Waals surface area contributed by atoms with Crippen LogP contribution in [-0.4, -0.2) is 23.8 Å². The van der Waals surface area contributed by atoms with Gasteiger partial charge in [-0.25, -0.2) is 4.98 Å². The zero-order valence-electron chi connectivity index (χ0n) is 14.9. The molecule has 0 spiro atoms. The molecule has 134 valence electrons. The van der Waals surface area contributed by atoms with Gasteiger partial charge in [0.05, 0.1) is 19.2 Å². The van der Waals surface area contributed by atoms with E-state index in [1.807, 2.05) is 45.0 Å². The zero-order valence-corrected chi connectivity index (χ0v) is 16.5. The molecule has 2 rings (SSSR count). The van der Waals surface area contributed by atoms with Gasteiger partial charge >= 0.3 is 5.97 Å². The fraction of sp³-hybridized carbons (Fsp3) is 0.421. The number of Topliss-reactive ketones (excluding diaryl/α,β-unsaturated/α-hetero) is 1. The highest BCUT2D eigenvalue weighted by Crippen LogP contribution is 2.30. The molecule has 0 aliphatic heterocycles. The fourth-order valence-corrected chi connectivity index (χ4v) is 3.68. The monoisotopic (exact) mass is 379 g/mol. The molecule has 0 N–H and O–H groups in total. The van der Waals surface area contributed by atoms with Gasteiger partial charge in [-0.3, -0.25) is 9.59 Å². The summed E-state index contributed by atoms with van der Waals surface area (Å²) in [5.74, 6) is -0.224. The first-order valence-electron chi connectivity index (χ1n) is 8.01. The maximum atomic E-state index is 12.4. The predicted octanol–water partition coefficient (Wildman–Crippen LogP) is 4.86. The Morgan fingerprint density at radius 3 is 2.44 bits per heavy atom. The molecule has 0 amide bonds. The van der Waals surface area contributed by atoms with Gasteiger partial charge in [-0.05, 0) is 24.5 Å². The van der Waals surface area contributed by atoms with E-state index >= 15 is 0 Å². The Morgan fingerprint density at radius 2 is 1.84 bits per heavy atom. The first-order chi connectivity index (χ1) is 11.7. The summed E-state index contributed by atoms with van der Waals surface area (Å²) in [5.41, 5.74) is 1.36. The lowest BCUT2D eigenvalue weighted by Gasteiger charge is -2.21. The van der Waals surface area contributed by atoms with Crippen molar-refractivity contribution in [1.29, 1.82) is 0 Å². The van der Waals surface area contributed by atoms with Crippen molar-refractivity contribution < 1.29 is 14.3 Å². The van der Waals surface area contributed by atoms with Gasteiger partial charge in [0.15, 0.2) is 0 Å². The predicted molar refractivity (Wildman–Crippen MR) is 101 cm³/mol. The molecule has 1 heterocycles. The number of esters is 1. The van der Waals surface area contributed by atoms with Crippen molar-refractivity contribution in [2.45, 2.75) is 40.0 Å². The number of aromatic nitrogens is 1. The molecule has 0 fully saturated rings. The molecule has 0 saturated heterocycles. The summed E-state index contributed by atoms with van der Waals surface area (Å²) in [6, 6.07) is 7.50. The van der Waals surface area contributed by atoms with Crippen LogP contribution in [0.3, 0.4) is 0 Å². The molecular formula is C19H22ClNO3S. The molecule has 25 heavy (non-hydrogen) atoms. The van der Waals surface area contributed by atoms with E-state index in [1.54, 1.807) is 11.3 Å². The molecule has 0 unspecified atom stereocenters. The second kappa shape index (κ2) is 8.11. The largest absolute Gasteiger partial charge is 0.469 e. The van der Waals surface area contributed by atoms with Crippen LogP contribution in [0.15, 0.2) is 24.3 Å². The van der Waals surface area contributed by atoms with Crippen molar-refractivity contribution in [1.82, 2.24) is 4.98 Å². The van der Waals surface area contributed by atoms with Crippen LogP contribution < -0.4 is 0 Å². The van der Waals surface area contributed by atoms with E-state index < -0.39 is 5.41 Å². The van der Waals surface area contributed by atoms with Crippen LogP contribution in [0.5, 0.6) is 0 Å². The Kier molecular flexibility index (Phi) is 6.36. The summed E-state index contributed by atoms with van der Waals surface area (Å²) in [5, 5.41) is 1.56. The van der Waals surface area contributed by atoms with Gasteiger partial charge in [0.1, 0.15) is 10.8 Å². The van der Waals surface area contributed by atoms with Crippen molar-refractivity contribution in [3.05, 3.63) is 39.9 Å². The van der Waals surface area contributed by atoms with E-state index in [-0.39, 0.29) is 24.6 Å². The molecular weight excluding hydrogens is 358 g/mol. The highest BCUT2D eigenvalue weighted by atomic mass is 35.5. The van der Waals surface area contributed by atoms with E-state index in [4.69, 9.17) is 16.3 Å². The third kappa shape index (κ3) is 5.65. The van der Waals surface area contributed by atoms with Gasteiger partial charge in [-0.2, -0.15) is 0 Å². The first kappa shape index (κ1) is 19.6. The number of aryl methyl sites for hydroxylation is 1. The summed E-state index contributed by atoms with van der Waals surface area (Å²) >= 11 is 7.48. The molecule has 0 bridgehead atoms. The molecule has 6 heteroatoms. The molecule has 1 aromatic heterocycles. The van der Waals surface area contributed by atoms with Crippen molar-refractivity contribution in [3.8, 4) is 10.6 Å². The summed E-state index contributed by atoms with van der Waals surface area (Å²) in [4.78, 5) is 29.5. The molecule has 0 aliphatic carbocycles. The van der Waals surface area contributed by atoms with Crippen molar-refractivity contribution in [2.75, 3.05) is 7.11 Å². The van der Waals surface area contributed by atoms with E-state index in [1.165, 1.54) is 7.11 Å². The van der Waals surface area contributed by atoms with Crippen molar-refractivity contribution in [3.63, 3.8) is 0 Å². The fourth-order valence-electron chi connectivity index (χ4n) is 2.62. The van der Waals surface area contributed by atoms with Crippen LogP contribution in [0.1, 0.15) is 37.3 Å². The molecule has 0 aliphatic rings. The number of ketones is 1. The van der Waals surface area contributed by atoms with Crippen LogP contribution in [0.4, 0.5) is 0 Å². The van der Waals surface area contributed by atoms with Crippen LogP contribution in [0, 0.1) is 12.3 Å². The second-order valence-corrected chi connectivity index (χ2v) is 8.48. The maximum absolute atomic E-state index is 12.4. The number of thiazole rings is 1. The minimum absolute atomic E-state index is 0.0740. The van der Waals surface area contributed by atoms with Gasteiger partial charge in [-0.15, -0.1) is 11.3 Å². The summed E-state index contributed by atoms with van der Waals surface area (Å²) in [6.07, 6.45) is 0.817. The van der Waals surface area contributed by atoms with Gasteiger partial charge < -0.3 is 4.74 Å². The average Bonchev–Trinajstić information content (AvgIpc) is 2.87. The van der Waals surface area contributed by atoms with Crippen LogP contribution >= 0.6 is 22.9 Å². The lowest BCUT2D eigenvalue weighted by Crippen LogP contribution is -2.23. The minimum atomic E-state index is -0.424. The quantitative estimate of drug-likeness (QED) is 0.644. The highest BCUT2D eigenvalue weighted by molar-refractivity contribution is 7.15. The third-order valence-corrected chi connectivity index (χ3v) is 5.19. The number of benzene rings is 1. The number of methoxy groups -OCH3 is 1. The highest BCUT2D eigenvalue weighted by Gasteiger charge is 2.26. The van der Waals surface area contributed by atoms with E-state index in [0.717, 1.165) is 21.1 Å². The lowest BCUT2D eigenvalue weighted by molar-refractivity contribution is -0.143. The normalized spacial score (nSPS) is 11.4. The number of halogens is 1. The van der Waals surface area contributed by atoms with E-state index in [9.17, 15) is 9.59 Å². The standard InChI is InChI=1S/C19H22ClNO3S/c1-12-16(9-15(22)10-19(2,3)11-17(23)24-4)21-18(25-12)13-5-7-14(20)8-6-13/h5-8H,9-11H2,1-4H3. The Morgan fingerprint density at radius 1 is 1.20 bits per heavy atom. The van der Waals surface area contributed by atoms with Crippen LogP contribution in [0.2, 0.25) is 5.02 Å². The van der Waals surface area contributed by atoms with Gasteiger partial charge in [0, 0.05) is 28.3 Å². The van der Waals surface area contributed by atoms with Gasteiger partial charge in [0.25, 0.3) is 0 Å².